The number of hydrogen-bond acceptors (Lipinski definition) is 6. The lowest BCUT2D eigenvalue weighted by Crippen LogP contribution is -1.97. The lowest BCUT2D eigenvalue weighted by molar-refractivity contribution is 0.474. The summed E-state index contributed by atoms with van der Waals surface area (Å²) in [6.07, 6.45) is 1.28. The van der Waals surface area contributed by atoms with Gasteiger partial charge in [0.05, 0.1) is 0 Å². The zero-order valence-corrected chi connectivity index (χ0v) is 24.0. The summed E-state index contributed by atoms with van der Waals surface area (Å²) in [7, 11) is 0. The van der Waals surface area contributed by atoms with E-state index in [1.807, 2.05) is 109 Å². The van der Waals surface area contributed by atoms with Crippen LogP contribution in [-0.4, -0.2) is 10.2 Å². The van der Waals surface area contributed by atoms with E-state index in [1.165, 1.54) is 0 Å². The van der Waals surface area contributed by atoms with E-state index in [1.54, 1.807) is 24.3 Å². The molecule has 6 nitrogen and oxygen atoms in total. The predicted molar refractivity (Wildman–Crippen MR) is 176 cm³/mol. The third kappa shape index (κ3) is 6.94. The molecule has 0 fully saturated rings. The summed E-state index contributed by atoms with van der Waals surface area (Å²) in [5.74, 6) is 3.33. The van der Waals surface area contributed by atoms with Crippen LogP contribution in [0.4, 0.5) is 11.4 Å². The fraction of sp³-hybridized carbons (Fsp3) is 0.0526. The van der Waals surface area contributed by atoms with Crippen molar-refractivity contribution in [3.8, 4) is 45.6 Å². The van der Waals surface area contributed by atoms with Gasteiger partial charge in [-0.3, -0.25) is 0 Å². The number of phenols is 2. The van der Waals surface area contributed by atoms with Crippen molar-refractivity contribution in [1.29, 1.82) is 0 Å². The van der Waals surface area contributed by atoms with Crippen molar-refractivity contribution < 1.29 is 19.7 Å². The molecule has 0 amide bonds. The van der Waals surface area contributed by atoms with Gasteiger partial charge in [0.1, 0.15) is 34.5 Å². The van der Waals surface area contributed by atoms with E-state index in [0.717, 1.165) is 44.9 Å². The molecule has 0 aliphatic heterocycles. The molecule has 0 saturated heterocycles. The normalized spacial score (nSPS) is 10.8. The number of benzene rings is 6. The lowest BCUT2D eigenvalue weighted by atomic mass is 10.0. The molecule has 0 aromatic heterocycles. The van der Waals surface area contributed by atoms with Gasteiger partial charge in [-0.25, -0.2) is 0 Å². The molecule has 0 spiro atoms. The van der Waals surface area contributed by atoms with Gasteiger partial charge in [-0.15, -0.1) is 0 Å². The monoisotopic (exact) mass is 580 g/mol. The average Bonchev–Trinajstić information content (AvgIpc) is 3.03. The van der Waals surface area contributed by atoms with Crippen molar-refractivity contribution in [3.05, 3.63) is 156 Å². The second kappa shape index (κ2) is 12.5. The molecule has 0 unspecified atom stereocenters. The first kappa shape index (κ1) is 28.2. The zero-order valence-electron chi connectivity index (χ0n) is 24.0. The number of hydrogen-bond donors (Lipinski definition) is 4. The Labute approximate surface area is 256 Å². The first-order valence-corrected chi connectivity index (χ1v) is 14.3. The summed E-state index contributed by atoms with van der Waals surface area (Å²) >= 11 is 0. The van der Waals surface area contributed by atoms with Crippen molar-refractivity contribution in [3.63, 3.8) is 0 Å². The Bertz CT molecular complexity index is 1730. The number of anilines is 2. The van der Waals surface area contributed by atoms with Crippen molar-refractivity contribution in [2.75, 3.05) is 11.5 Å². The van der Waals surface area contributed by atoms with Crippen LogP contribution in [0.15, 0.2) is 133 Å². The molecule has 0 aliphatic carbocycles. The fourth-order valence-corrected chi connectivity index (χ4v) is 4.97. The molecule has 0 bridgehead atoms. The third-order valence-corrected chi connectivity index (χ3v) is 7.40. The van der Waals surface area contributed by atoms with E-state index >= 15 is 0 Å². The second-order valence-electron chi connectivity index (χ2n) is 10.7. The van der Waals surface area contributed by atoms with Crippen LogP contribution >= 0.6 is 0 Å². The summed E-state index contributed by atoms with van der Waals surface area (Å²) in [5.41, 5.74) is 19.9. The van der Waals surface area contributed by atoms with Crippen LogP contribution in [0, 0.1) is 0 Å². The highest BCUT2D eigenvalue weighted by molar-refractivity contribution is 5.65. The van der Waals surface area contributed by atoms with E-state index in [0.29, 0.717) is 35.7 Å². The van der Waals surface area contributed by atoms with Crippen LogP contribution in [0.2, 0.25) is 0 Å². The van der Waals surface area contributed by atoms with Crippen LogP contribution in [0.3, 0.4) is 0 Å². The SMILES string of the molecule is Nc1ccc(Oc2ccc(-c3ccc(Oc4ccc(N)c(Cc5ccc(O)cc5)c4)cc3)cc2)cc1Cc1ccc(O)cc1. The molecule has 0 radical (unpaired) electrons. The van der Waals surface area contributed by atoms with Gasteiger partial charge in [-0.05, 0) is 131 Å². The van der Waals surface area contributed by atoms with Crippen LogP contribution in [0.25, 0.3) is 11.1 Å². The maximum absolute atomic E-state index is 9.55. The molecule has 0 atom stereocenters. The van der Waals surface area contributed by atoms with Gasteiger partial charge in [0.15, 0.2) is 0 Å². The number of rotatable bonds is 9. The molecular formula is C38H32N2O4. The Hall–Kier alpha value is -5.88. The van der Waals surface area contributed by atoms with E-state index < -0.39 is 0 Å². The van der Waals surface area contributed by atoms with Crippen molar-refractivity contribution >= 4 is 11.4 Å². The second-order valence-corrected chi connectivity index (χ2v) is 10.7. The number of ether oxygens (including phenoxy) is 2. The first-order chi connectivity index (χ1) is 21.4. The Morgan fingerprint density at radius 2 is 0.750 bits per heavy atom. The molecule has 6 aromatic carbocycles. The number of nitrogen functional groups attached to an aromatic ring is 2. The summed E-state index contributed by atoms with van der Waals surface area (Å²) < 4.78 is 12.3. The smallest absolute Gasteiger partial charge is 0.127 e. The highest BCUT2D eigenvalue weighted by Gasteiger charge is 2.08. The van der Waals surface area contributed by atoms with E-state index in [-0.39, 0.29) is 11.5 Å². The van der Waals surface area contributed by atoms with Gasteiger partial charge < -0.3 is 31.2 Å². The van der Waals surface area contributed by atoms with Gasteiger partial charge in [0, 0.05) is 11.4 Å². The van der Waals surface area contributed by atoms with Gasteiger partial charge in [-0.1, -0.05) is 48.5 Å². The summed E-state index contributed by atoms with van der Waals surface area (Å²) in [6.45, 7) is 0. The van der Waals surface area contributed by atoms with Crippen molar-refractivity contribution in [2.45, 2.75) is 12.8 Å². The van der Waals surface area contributed by atoms with E-state index in [4.69, 9.17) is 20.9 Å². The van der Waals surface area contributed by atoms with Gasteiger partial charge >= 0.3 is 0 Å². The lowest BCUT2D eigenvalue weighted by Gasteiger charge is -2.12. The van der Waals surface area contributed by atoms with Crippen LogP contribution in [0.1, 0.15) is 22.3 Å². The number of aromatic hydroxyl groups is 2. The highest BCUT2D eigenvalue weighted by Crippen LogP contribution is 2.31. The van der Waals surface area contributed by atoms with E-state index in [2.05, 4.69) is 0 Å². The van der Waals surface area contributed by atoms with Gasteiger partial charge in [-0.2, -0.15) is 0 Å². The molecular weight excluding hydrogens is 548 g/mol. The topological polar surface area (TPSA) is 111 Å². The molecule has 0 aliphatic rings. The minimum absolute atomic E-state index is 0.238. The predicted octanol–water partition coefficient (Wildman–Crippen LogP) is 8.70. The minimum Gasteiger partial charge on any atom is -0.508 e. The molecule has 6 N–H and O–H groups in total. The summed E-state index contributed by atoms with van der Waals surface area (Å²) in [5, 5.41) is 19.1. The first-order valence-electron chi connectivity index (χ1n) is 14.3. The Morgan fingerprint density at radius 1 is 0.409 bits per heavy atom. The number of phenolic OH excluding ortho intramolecular Hbond substituents is 2. The van der Waals surface area contributed by atoms with Crippen LogP contribution < -0.4 is 20.9 Å². The molecule has 6 aromatic rings. The Balaban J connectivity index is 1.09. The summed E-state index contributed by atoms with van der Waals surface area (Å²) in [6, 6.07) is 41.4. The Kier molecular flexibility index (Phi) is 8.06. The Morgan fingerprint density at radius 3 is 1.11 bits per heavy atom. The quantitative estimate of drug-likeness (QED) is 0.127. The standard InChI is InChI=1S/C38H32N2O4/c39-37-19-17-35(23-29(37)21-25-1-9-31(41)10-2-25)43-33-13-5-27(6-14-33)28-7-15-34(16-8-28)44-36-18-20-38(40)30(24-36)22-26-3-11-32(42)12-4-26/h1-20,23-24,41-42H,21-22,39-40H2. The third-order valence-electron chi connectivity index (χ3n) is 7.40. The van der Waals surface area contributed by atoms with Crippen molar-refractivity contribution in [2.24, 2.45) is 0 Å². The number of nitrogens with two attached hydrogens (primary N) is 2. The molecule has 6 heteroatoms. The van der Waals surface area contributed by atoms with Gasteiger partial charge in [0.2, 0.25) is 0 Å². The maximum atomic E-state index is 9.55. The molecule has 0 saturated carbocycles. The highest BCUT2D eigenvalue weighted by atomic mass is 16.5. The largest absolute Gasteiger partial charge is 0.508 e. The minimum atomic E-state index is 0.238. The van der Waals surface area contributed by atoms with E-state index in [9.17, 15) is 10.2 Å². The molecule has 44 heavy (non-hydrogen) atoms. The maximum Gasteiger partial charge on any atom is 0.127 e. The van der Waals surface area contributed by atoms with Gasteiger partial charge in [0.25, 0.3) is 0 Å². The van der Waals surface area contributed by atoms with Crippen LogP contribution in [-0.2, 0) is 12.8 Å². The molecule has 6 rings (SSSR count). The molecule has 218 valence electrons. The zero-order chi connectivity index (χ0) is 30.5. The fourth-order valence-electron chi connectivity index (χ4n) is 4.97. The molecule has 0 heterocycles. The van der Waals surface area contributed by atoms with Crippen molar-refractivity contribution in [1.82, 2.24) is 0 Å². The van der Waals surface area contributed by atoms with Crippen LogP contribution in [0.5, 0.6) is 34.5 Å². The average molecular weight is 581 g/mol. The summed E-state index contributed by atoms with van der Waals surface area (Å²) in [4.78, 5) is 0.